The van der Waals surface area contributed by atoms with Gasteiger partial charge in [0, 0.05) is 6.26 Å². The molecule has 1 unspecified atom stereocenters. The normalized spacial score (nSPS) is 13.4. The van der Waals surface area contributed by atoms with Crippen LogP contribution in [0.1, 0.15) is 24.8 Å². The Hall–Kier alpha value is -1.14. The molecule has 1 rings (SSSR count). The molecule has 1 aromatic rings. The van der Waals surface area contributed by atoms with Gasteiger partial charge in [0.2, 0.25) is 0 Å². The largest absolute Gasteiger partial charge is 0.495 e. The van der Waals surface area contributed by atoms with E-state index in [1.54, 1.807) is 6.07 Å². The van der Waals surface area contributed by atoms with Crippen LogP contribution < -0.4 is 10.5 Å². The Morgan fingerprint density at radius 2 is 2.06 bits per heavy atom. The van der Waals surface area contributed by atoms with Gasteiger partial charge in [0.1, 0.15) is 16.5 Å². The molecule has 0 spiro atoms. The van der Waals surface area contributed by atoms with Crippen molar-refractivity contribution in [2.75, 3.05) is 19.9 Å². The fourth-order valence-electron chi connectivity index (χ4n) is 1.85. The highest BCUT2D eigenvalue weighted by Crippen LogP contribution is 2.32. The lowest BCUT2D eigenvalue weighted by Crippen LogP contribution is -2.10. The van der Waals surface area contributed by atoms with Crippen LogP contribution in [0.2, 0.25) is 0 Å². The van der Waals surface area contributed by atoms with Crippen LogP contribution in [0.5, 0.6) is 5.75 Å². The molecule has 0 saturated heterocycles. The summed E-state index contributed by atoms with van der Waals surface area (Å²) >= 11 is 0. The molecule has 6 heteroatoms. The Balaban J connectivity index is 3.44. The van der Waals surface area contributed by atoms with Crippen LogP contribution in [0.25, 0.3) is 0 Å². The number of halogens is 1. The van der Waals surface area contributed by atoms with Gasteiger partial charge in [0.25, 0.3) is 0 Å². The number of nitrogens with two attached hydrogens (primary N) is 1. The Morgan fingerprint density at radius 1 is 1.44 bits per heavy atom. The lowest BCUT2D eigenvalue weighted by molar-refractivity contribution is 0.393. The summed E-state index contributed by atoms with van der Waals surface area (Å²) in [6.45, 7) is 2.23. The fraction of sp³-hybridized carbons (Fsp3) is 0.500. The van der Waals surface area contributed by atoms with E-state index in [4.69, 9.17) is 10.5 Å². The van der Waals surface area contributed by atoms with Crippen molar-refractivity contribution in [2.24, 2.45) is 5.73 Å². The molecule has 0 amide bonds. The van der Waals surface area contributed by atoms with Crippen LogP contribution in [-0.4, -0.2) is 28.3 Å². The topological polar surface area (TPSA) is 69.4 Å². The zero-order valence-electron chi connectivity index (χ0n) is 10.7. The van der Waals surface area contributed by atoms with E-state index in [0.29, 0.717) is 18.5 Å². The number of ether oxygens (including phenoxy) is 1. The second kappa shape index (κ2) is 5.67. The average Bonchev–Trinajstić information content (AvgIpc) is 2.26. The summed E-state index contributed by atoms with van der Waals surface area (Å²) in [6.07, 6.45) is 1.55. The van der Waals surface area contributed by atoms with E-state index in [1.165, 1.54) is 13.2 Å². The second-order valence-corrected chi connectivity index (χ2v) is 6.20. The van der Waals surface area contributed by atoms with E-state index in [1.807, 2.05) is 6.92 Å². The van der Waals surface area contributed by atoms with E-state index in [0.717, 1.165) is 6.26 Å². The molecule has 0 radical (unpaired) electrons. The first-order chi connectivity index (χ1) is 8.32. The van der Waals surface area contributed by atoms with Gasteiger partial charge in [-0.05, 0) is 30.5 Å². The summed E-state index contributed by atoms with van der Waals surface area (Å²) in [6, 6.07) is 3.02. The third-order valence-corrected chi connectivity index (χ3v) is 3.93. The Kier molecular flexibility index (Phi) is 4.70. The average molecular weight is 275 g/mol. The zero-order valence-corrected chi connectivity index (χ0v) is 11.6. The van der Waals surface area contributed by atoms with Gasteiger partial charge in [-0.25, -0.2) is 12.8 Å². The number of sulfone groups is 1. The molecule has 0 aliphatic heterocycles. The quantitative estimate of drug-likeness (QED) is 0.887. The fourth-order valence-corrected chi connectivity index (χ4v) is 2.81. The lowest BCUT2D eigenvalue weighted by Gasteiger charge is -2.15. The monoisotopic (exact) mass is 275 g/mol. The molecule has 0 bridgehead atoms. The van der Waals surface area contributed by atoms with Crippen LogP contribution >= 0.6 is 0 Å². The highest BCUT2D eigenvalue weighted by molar-refractivity contribution is 7.90. The maximum atomic E-state index is 14.3. The molecule has 4 nitrogen and oxygen atoms in total. The molecule has 0 aliphatic carbocycles. The van der Waals surface area contributed by atoms with Gasteiger partial charge in [-0.2, -0.15) is 0 Å². The first-order valence-electron chi connectivity index (χ1n) is 5.59. The Bertz CT molecular complexity index is 528. The lowest BCUT2D eigenvalue weighted by atomic mass is 9.97. The van der Waals surface area contributed by atoms with E-state index in [2.05, 4.69) is 0 Å². The number of hydrogen-bond donors (Lipinski definition) is 1. The predicted octanol–water partition coefficient (Wildman–Crippen LogP) is 1.69. The highest BCUT2D eigenvalue weighted by atomic mass is 32.2. The minimum Gasteiger partial charge on any atom is -0.495 e. The number of benzene rings is 1. The van der Waals surface area contributed by atoms with Gasteiger partial charge >= 0.3 is 0 Å². The van der Waals surface area contributed by atoms with Gasteiger partial charge in [-0.15, -0.1) is 0 Å². The van der Waals surface area contributed by atoms with Gasteiger partial charge in [-0.1, -0.05) is 13.0 Å². The summed E-state index contributed by atoms with van der Waals surface area (Å²) in [5.74, 6) is -0.849. The Labute approximate surface area is 107 Å². The summed E-state index contributed by atoms with van der Waals surface area (Å²) in [4.78, 5) is -0.383. The van der Waals surface area contributed by atoms with Gasteiger partial charge in [0.15, 0.2) is 9.84 Å². The third kappa shape index (κ3) is 3.00. The summed E-state index contributed by atoms with van der Waals surface area (Å²) < 4.78 is 42.4. The molecule has 18 heavy (non-hydrogen) atoms. The maximum absolute atomic E-state index is 14.3. The van der Waals surface area contributed by atoms with Crippen molar-refractivity contribution in [1.29, 1.82) is 0 Å². The van der Waals surface area contributed by atoms with Crippen molar-refractivity contribution < 1.29 is 17.5 Å². The van der Waals surface area contributed by atoms with Crippen LogP contribution in [0.3, 0.4) is 0 Å². The van der Waals surface area contributed by atoms with E-state index >= 15 is 0 Å². The van der Waals surface area contributed by atoms with Crippen molar-refractivity contribution in [3.8, 4) is 5.75 Å². The molecule has 0 heterocycles. The smallest absolute Gasteiger partial charge is 0.182 e. The molecule has 1 aromatic carbocycles. The molecular formula is C12H18FNO3S. The van der Waals surface area contributed by atoms with Crippen molar-refractivity contribution in [2.45, 2.75) is 24.2 Å². The van der Waals surface area contributed by atoms with Crippen molar-refractivity contribution in [1.82, 2.24) is 0 Å². The Morgan fingerprint density at radius 3 is 2.50 bits per heavy atom. The molecule has 0 saturated carbocycles. The van der Waals surface area contributed by atoms with Crippen molar-refractivity contribution in [3.63, 3.8) is 0 Å². The summed E-state index contributed by atoms with van der Waals surface area (Å²) in [7, 11) is -2.37. The van der Waals surface area contributed by atoms with Gasteiger partial charge in [-0.3, -0.25) is 0 Å². The van der Waals surface area contributed by atoms with Crippen LogP contribution in [0, 0.1) is 5.82 Å². The predicted molar refractivity (Wildman–Crippen MR) is 68.1 cm³/mol. The SMILES string of the molecule is COc1ccc(C(C)CCN)c(F)c1S(C)(=O)=O. The minimum atomic E-state index is -3.68. The van der Waals surface area contributed by atoms with E-state index < -0.39 is 15.7 Å². The van der Waals surface area contributed by atoms with Gasteiger partial charge < -0.3 is 10.5 Å². The first-order valence-corrected chi connectivity index (χ1v) is 7.48. The zero-order chi connectivity index (χ0) is 13.9. The molecule has 2 N–H and O–H groups in total. The maximum Gasteiger partial charge on any atom is 0.182 e. The first kappa shape index (κ1) is 14.9. The van der Waals surface area contributed by atoms with Crippen molar-refractivity contribution in [3.05, 3.63) is 23.5 Å². The summed E-state index contributed by atoms with van der Waals surface area (Å²) in [5.41, 5.74) is 5.78. The molecule has 0 aliphatic rings. The van der Waals surface area contributed by atoms with Crippen LogP contribution in [0.15, 0.2) is 17.0 Å². The molecule has 0 aromatic heterocycles. The number of methoxy groups -OCH3 is 1. The van der Waals surface area contributed by atoms with Gasteiger partial charge in [0.05, 0.1) is 7.11 Å². The second-order valence-electron chi connectivity index (χ2n) is 4.25. The van der Waals surface area contributed by atoms with E-state index in [9.17, 15) is 12.8 Å². The number of rotatable bonds is 5. The standard InChI is InChI=1S/C12H18FNO3S/c1-8(6-7-14)9-4-5-10(17-2)12(11(9)13)18(3,15)16/h4-5,8H,6-7,14H2,1-3H3. The van der Waals surface area contributed by atoms with E-state index in [-0.39, 0.29) is 16.6 Å². The molecular weight excluding hydrogens is 257 g/mol. The minimum absolute atomic E-state index is 0.0266. The molecule has 1 atom stereocenters. The summed E-state index contributed by atoms with van der Waals surface area (Å²) in [5, 5.41) is 0. The number of hydrogen-bond acceptors (Lipinski definition) is 4. The highest BCUT2D eigenvalue weighted by Gasteiger charge is 2.24. The van der Waals surface area contributed by atoms with Crippen LogP contribution in [-0.2, 0) is 9.84 Å². The molecule has 102 valence electrons. The third-order valence-electron chi connectivity index (χ3n) is 2.81. The van der Waals surface area contributed by atoms with Crippen molar-refractivity contribution >= 4 is 9.84 Å². The van der Waals surface area contributed by atoms with Crippen LogP contribution in [0.4, 0.5) is 4.39 Å². The molecule has 0 fully saturated rings.